The first-order valence-corrected chi connectivity index (χ1v) is 36.4. The fraction of sp³-hybridized carbons (Fsp3) is 0.348. The average Bonchev–Trinajstić information content (AvgIpc) is 0.968. The van der Waals surface area contributed by atoms with E-state index in [0.29, 0.717) is 144 Å². The number of rotatable bonds is 16. The number of ether oxygens (including phenoxy) is 4. The van der Waals surface area contributed by atoms with Crippen LogP contribution in [-0.4, -0.2) is 18.8 Å². The molecule has 0 aliphatic rings. The van der Waals surface area contributed by atoms with Gasteiger partial charge in [0.25, 0.3) is 11.1 Å². The molecule has 4 aromatic heterocycles. The highest BCUT2D eigenvalue weighted by Crippen LogP contribution is 2.58. The topological polar surface area (TPSA) is 106 Å². The number of para-hydroxylation sites is 4. The molecule has 0 radical (unpaired) electrons. The van der Waals surface area contributed by atoms with Gasteiger partial charge in [-0.2, -0.15) is 0 Å². The summed E-state index contributed by atoms with van der Waals surface area (Å²) in [7, 11) is 0. The van der Waals surface area contributed by atoms with Gasteiger partial charge < -0.3 is 18.9 Å². The zero-order valence-corrected chi connectivity index (χ0v) is 63.2. The van der Waals surface area contributed by atoms with Crippen LogP contribution >= 0.6 is 0 Å². The van der Waals surface area contributed by atoms with E-state index in [-0.39, 0.29) is 54.4 Å². The quantitative estimate of drug-likeness (QED) is 0.0696. The maximum Gasteiger partial charge on any atom is 0.264 e. The molecule has 4 heterocycles. The molecule has 0 saturated carbocycles. The van der Waals surface area contributed by atoms with E-state index < -0.39 is 0 Å². The molecule has 102 heavy (non-hydrogen) atoms. The minimum Gasteiger partial charge on any atom is -0.457 e. The van der Waals surface area contributed by atoms with Crippen molar-refractivity contribution in [3.63, 3.8) is 0 Å². The third-order valence-corrected chi connectivity index (χ3v) is 21.0. The molecule has 0 fully saturated rings. The van der Waals surface area contributed by atoms with Crippen molar-refractivity contribution >= 4 is 98.0 Å². The Morgan fingerprint density at radius 3 is 0.765 bits per heavy atom. The Bertz CT molecular complexity index is 5540. The van der Waals surface area contributed by atoms with E-state index in [9.17, 15) is 0 Å². The predicted molar refractivity (Wildman–Crippen MR) is 425 cm³/mol. The largest absolute Gasteiger partial charge is 0.457 e. The molecule has 0 aliphatic carbocycles. The molecular weight excluding hydrogens is 1260 g/mol. The second kappa shape index (κ2) is 23.4. The van der Waals surface area contributed by atoms with Gasteiger partial charge in [0.15, 0.2) is 0 Å². The van der Waals surface area contributed by atoms with Crippen LogP contribution in [-0.2, 0) is 21.7 Å². The maximum absolute atomic E-state index is 16.3. The Hall–Kier alpha value is -9.80. The Morgan fingerprint density at radius 1 is 0.284 bits per heavy atom. The molecule has 10 heteroatoms. The lowest BCUT2D eigenvalue weighted by Gasteiger charge is -2.33. The molecule has 10 nitrogen and oxygen atoms in total. The lowest BCUT2D eigenvalue weighted by molar-refractivity contribution is 0.283. The molecule has 0 aliphatic heterocycles. The summed E-state index contributed by atoms with van der Waals surface area (Å²) in [5, 5.41) is 7.45. The second-order valence-electron chi connectivity index (χ2n) is 36.8. The average molecular weight is 1350 g/mol. The summed E-state index contributed by atoms with van der Waals surface area (Å²) in [5.41, 5.74) is 7.57. The van der Waals surface area contributed by atoms with Crippen molar-refractivity contribution in [1.29, 1.82) is 0 Å². The molecule has 0 bridgehead atoms. The van der Waals surface area contributed by atoms with Gasteiger partial charge in [0.2, 0.25) is 0 Å². The highest BCUT2D eigenvalue weighted by Gasteiger charge is 2.36. The normalized spacial score (nSPS) is 13.5. The van der Waals surface area contributed by atoms with Gasteiger partial charge in [-0.1, -0.05) is 211 Å². The van der Waals surface area contributed by atoms with Crippen molar-refractivity contribution in [1.82, 2.24) is 18.8 Å². The zero-order chi connectivity index (χ0) is 72.5. The van der Waals surface area contributed by atoms with Crippen LogP contribution in [0.3, 0.4) is 0 Å². The summed E-state index contributed by atoms with van der Waals surface area (Å²) in [6, 6.07) is 57.4. The first-order chi connectivity index (χ1) is 47.8. The first-order valence-electron chi connectivity index (χ1n) is 36.4. The Balaban J connectivity index is 1.13. The van der Waals surface area contributed by atoms with E-state index in [1.807, 2.05) is 84.9 Å². The van der Waals surface area contributed by atoms with Crippen LogP contribution < -0.4 is 30.1 Å². The van der Waals surface area contributed by atoms with Crippen molar-refractivity contribution in [3.8, 4) is 46.0 Å². The van der Waals surface area contributed by atoms with Gasteiger partial charge in [-0.05, 0) is 188 Å². The lowest BCUT2D eigenvalue weighted by Crippen LogP contribution is -2.24. The Kier molecular flexibility index (Phi) is 15.6. The van der Waals surface area contributed by atoms with Gasteiger partial charge in [-0.25, -0.2) is 9.97 Å². The smallest absolute Gasteiger partial charge is 0.264 e. The number of nitrogens with zero attached hydrogens (tertiary/aromatic N) is 4. The van der Waals surface area contributed by atoms with Crippen LogP contribution in [0.25, 0.3) is 98.0 Å². The fourth-order valence-electron chi connectivity index (χ4n) is 18.4. The van der Waals surface area contributed by atoms with Crippen molar-refractivity contribution in [3.05, 3.63) is 213 Å². The molecule has 0 N–H and O–H groups in total. The highest BCUT2D eigenvalue weighted by atomic mass is 16.5. The molecule has 0 unspecified atom stereocenters. The van der Waals surface area contributed by atoms with E-state index in [1.54, 1.807) is 8.80 Å². The first kappa shape index (κ1) is 68.0. The monoisotopic (exact) mass is 1350 g/mol. The van der Waals surface area contributed by atoms with Gasteiger partial charge in [0, 0.05) is 53.9 Å². The van der Waals surface area contributed by atoms with Crippen molar-refractivity contribution < 1.29 is 18.9 Å². The van der Waals surface area contributed by atoms with Crippen LogP contribution in [0.5, 0.6) is 46.0 Å². The summed E-state index contributed by atoms with van der Waals surface area (Å²) < 4.78 is 33.9. The molecule has 0 atom stereocenters. The minimum atomic E-state index is -0.257. The van der Waals surface area contributed by atoms with Crippen LogP contribution in [0.4, 0.5) is 0 Å². The number of hydrogen-bond acceptors (Lipinski definition) is 8. The fourth-order valence-corrected chi connectivity index (χ4v) is 18.4. The van der Waals surface area contributed by atoms with E-state index in [4.69, 9.17) is 28.9 Å². The van der Waals surface area contributed by atoms with Crippen LogP contribution in [0.1, 0.15) is 186 Å². The minimum absolute atomic E-state index is 0.0738. The number of benzene rings is 11. The molecular formula is C92H96N4O6. The summed E-state index contributed by atoms with van der Waals surface area (Å²) in [6.07, 6.45) is 3.84. The second-order valence-corrected chi connectivity index (χ2v) is 36.8. The molecule has 15 aromatic rings. The van der Waals surface area contributed by atoms with Crippen LogP contribution in [0, 0.1) is 21.7 Å². The third kappa shape index (κ3) is 12.0. The number of hydrogen-bond donors (Lipinski definition) is 0. The number of pyridine rings is 2. The van der Waals surface area contributed by atoms with E-state index in [2.05, 4.69) is 223 Å². The standard InChI is InChI=1S/C92H96N4O6/c1-85(2,3)49-89(13,14)53-29-37-57(38-30-53)99-69-45-61-73-63(83(97)95-67-27-23-21-25-65(67)93-81(61)95)47-71(101-59-41-33-55(34-42-59)91(17,18)51-87(7,8)9)77-78-72(102-60-43-35-56(36-44-60)92(19,20)52-88(10,11)12)48-64-74-62(82-94-66-26-22-24-28-68(66)96(82)84(64)98)46-70(76(80(74)78)75(69)79(73)77)100-58-39-31-54(32-40-58)90(15,16)50-86(4,5)6/h21-48H,49-52H2,1-20H3. The number of aromatic nitrogens is 4. The van der Waals surface area contributed by atoms with E-state index in [0.717, 1.165) is 25.7 Å². The molecule has 520 valence electrons. The summed E-state index contributed by atoms with van der Waals surface area (Å²) in [5.74, 6) is 4.09. The predicted octanol–water partition coefficient (Wildman–Crippen LogP) is 25.3. The lowest BCUT2D eigenvalue weighted by atomic mass is 9.72. The molecule has 0 amide bonds. The summed E-state index contributed by atoms with van der Waals surface area (Å²) in [4.78, 5) is 43.2. The Labute approximate surface area is 598 Å². The molecule has 11 aromatic carbocycles. The van der Waals surface area contributed by atoms with Crippen molar-refractivity contribution in [2.45, 2.75) is 186 Å². The van der Waals surface area contributed by atoms with E-state index >= 15 is 9.59 Å². The van der Waals surface area contributed by atoms with E-state index in [1.165, 1.54) is 22.3 Å². The van der Waals surface area contributed by atoms with Crippen LogP contribution in [0.15, 0.2) is 179 Å². The summed E-state index contributed by atoms with van der Waals surface area (Å²) >= 11 is 0. The van der Waals surface area contributed by atoms with Gasteiger partial charge in [-0.3, -0.25) is 18.4 Å². The zero-order valence-electron chi connectivity index (χ0n) is 63.2. The maximum atomic E-state index is 16.3. The SMILES string of the molecule is CC(C)(C)CC(C)(C)c1ccc(Oc2cc3c(=O)n4c5ccccc5nc4c4cc(Oc5ccc(C(C)(C)CC(C)(C)C)cc5)c5c6c(Oc7ccc(C(C)(C)CC(C)(C)C)cc7)cc7c8c(cc(Oc9ccc(C(C)(C)CC(C)(C)C)cc9)c(c2c5c34)c68)c(=O)n2c3ccccc3nc72)cc1. The van der Waals surface area contributed by atoms with Gasteiger partial charge in [-0.15, -0.1) is 0 Å². The van der Waals surface area contributed by atoms with Gasteiger partial charge >= 0.3 is 0 Å². The molecule has 0 saturated heterocycles. The van der Waals surface area contributed by atoms with Crippen molar-refractivity contribution in [2.75, 3.05) is 0 Å². The summed E-state index contributed by atoms with van der Waals surface area (Å²) in [6.45, 7) is 45.8. The Morgan fingerprint density at radius 2 is 0.520 bits per heavy atom. The third-order valence-electron chi connectivity index (χ3n) is 21.0. The van der Waals surface area contributed by atoms with Gasteiger partial charge in [0.05, 0.1) is 32.8 Å². The molecule has 0 spiro atoms. The highest BCUT2D eigenvalue weighted by molar-refractivity contribution is 6.45. The molecule has 15 rings (SSSR count). The van der Waals surface area contributed by atoms with Gasteiger partial charge in [0.1, 0.15) is 57.3 Å². The number of fused-ring (bicyclic) bond motifs is 10. The van der Waals surface area contributed by atoms with Crippen molar-refractivity contribution in [2.24, 2.45) is 21.7 Å². The van der Waals surface area contributed by atoms with Crippen LogP contribution in [0.2, 0.25) is 0 Å². The number of imidazole rings is 2.